The molecule has 0 bridgehead atoms. The summed E-state index contributed by atoms with van der Waals surface area (Å²) in [5.41, 5.74) is 0.738. The van der Waals surface area contributed by atoms with Gasteiger partial charge in [-0.3, -0.25) is 9.52 Å². The number of carbonyl (C=O) groups is 1. The maximum atomic E-state index is 13.0. The molecular weight excluding hydrogens is 456 g/mol. The molecule has 8 nitrogen and oxygen atoms in total. The van der Waals surface area contributed by atoms with Crippen molar-refractivity contribution in [1.29, 1.82) is 0 Å². The molecule has 0 spiro atoms. The van der Waals surface area contributed by atoms with Crippen LogP contribution < -0.4 is 24.2 Å². The Hall–Kier alpha value is -3.43. The predicted molar refractivity (Wildman–Crippen MR) is 123 cm³/mol. The molecule has 0 saturated carbocycles. The average molecular weight is 477 g/mol. The summed E-state index contributed by atoms with van der Waals surface area (Å²) >= 11 is 6.07. The molecule has 0 fully saturated rings. The van der Waals surface area contributed by atoms with Gasteiger partial charge in [0.2, 0.25) is 0 Å². The maximum absolute atomic E-state index is 13.0. The molecule has 0 unspecified atom stereocenters. The van der Waals surface area contributed by atoms with E-state index >= 15 is 0 Å². The number of methoxy groups -OCH3 is 3. The van der Waals surface area contributed by atoms with Crippen LogP contribution in [0.3, 0.4) is 0 Å². The first-order valence-corrected chi connectivity index (χ1v) is 11.1. The number of hydrogen-bond donors (Lipinski definition) is 2. The van der Waals surface area contributed by atoms with Gasteiger partial charge in [-0.15, -0.1) is 0 Å². The van der Waals surface area contributed by atoms with Crippen LogP contribution in [0.4, 0.5) is 11.4 Å². The topological polar surface area (TPSA) is 103 Å². The van der Waals surface area contributed by atoms with E-state index in [9.17, 15) is 13.2 Å². The number of anilines is 2. The van der Waals surface area contributed by atoms with E-state index in [2.05, 4.69) is 10.0 Å². The van der Waals surface area contributed by atoms with Gasteiger partial charge >= 0.3 is 0 Å². The van der Waals surface area contributed by atoms with Crippen LogP contribution in [0.15, 0.2) is 65.6 Å². The number of hydrogen-bond acceptors (Lipinski definition) is 6. The lowest BCUT2D eigenvalue weighted by Crippen LogP contribution is -2.16. The second-order valence-corrected chi connectivity index (χ2v) is 8.56. The number of carbonyl (C=O) groups excluding carboxylic acids is 1. The van der Waals surface area contributed by atoms with Gasteiger partial charge in [0, 0.05) is 17.3 Å². The summed E-state index contributed by atoms with van der Waals surface area (Å²) in [4.78, 5) is 12.6. The molecule has 0 atom stereocenters. The fourth-order valence-electron chi connectivity index (χ4n) is 2.85. The lowest BCUT2D eigenvalue weighted by atomic mass is 10.1. The molecule has 10 heteroatoms. The summed E-state index contributed by atoms with van der Waals surface area (Å²) in [6.07, 6.45) is 0. The van der Waals surface area contributed by atoms with E-state index < -0.39 is 15.9 Å². The highest BCUT2D eigenvalue weighted by Gasteiger charge is 2.22. The van der Waals surface area contributed by atoms with Crippen molar-refractivity contribution in [3.63, 3.8) is 0 Å². The summed E-state index contributed by atoms with van der Waals surface area (Å²) in [7, 11) is 0.229. The van der Waals surface area contributed by atoms with Gasteiger partial charge in [-0.25, -0.2) is 8.42 Å². The molecule has 168 valence electrons. The summed E-state index contributed by atoms with van der Waals surface area (Å²) in [6, 6.07) is 15.4. The van der Waals surface area contributed by atoms with E-state index in [1.807, 2.05) is 0 Å². The molecule has 0 heterocycles. The van der Waals surface area contributed by atoms with E-state index in [0.717, 1.165) is 0 Å². The normalized spacial score (nSPS) is 10.9. The number of halogens is 1. The summed E-state index contributed by atoms with van der Waals surface area (Å²) < 4.78 is 44.0. The van der Waals surface area contributed by atoms with Crippen molar-refractivity contribution in [2.24, 2.45) is 0 Å². The van der Waals surface area contributed by atoms with Crippen molar-refractivity contribution in [1.82, 2.24) is 0 Å². The van der Waals surface area contributed by atoms with Crippen LogP contribution in [0.1, 0.15) is 10.4 Å². The van der Waals surface area contributed by atoms with E-state index in [-0.39, 0.29) is 32.6 Å². The molecule has 0 aliphatic heterocycles. The highest BCUT2D eigenvalue weighted by atomic mass is 35.5. The van der Waals surface area contributed by atoms with Crippen LogP contribution in [0.5, 0.6) is 17.2 Å². The summed E-state index contributed by atoms with van der Waals surface area (Å²) in [6.45, 7) is 0. The van der Waals surface area contributed by atoms with Crippen LogP contribution in [0, 0.1) is 0 Å². The second kappa shape index (κ2) is 9.80. The van der Waals surface area contributed by atoms with Crippen molar-refractivity contribution in [2.75, 3.05) is 31.4 Å². The molecule has 3 aromatic carbocycles. The van der Waals surface area contributed by atoms with Crippen LogP contribution >= 0.6 is 11.6 Å². The van der Waals surface area contributed by atoms with E-state index in [1.165, 1.54) is 57.7 Å². The monoisotopic (exact) mass is 476 g/mol. The van der Waals surface area contributed by atoms with Gasteiger partial charge in [-0.1, -0.05) is 23.7 Å². The molecule has 2 N–H and O–H groups in total. The molecule has 3 aromatic rings. The first-order valence-electron chi connectivity index (χ1n) is 9.27. The Balaban J connectivity index is 1.93. The Labute approximate surface area is 191 Å². The van der Waals surface area contributed by atoms with E-state index in [4.69, 9.17) is 25.8 Å². The smallest absolute Gasteiger partial charge is 0.265 e. The Morgan fingerprint density at radius 2 is 1.53 bits per heavy atom. The van der Waals surface area contributed by atoms with Crippen molar-refractivity contribution >= 4 is 38.9 Å². The molecule has 0 saturated heterocycles. The number of benzene rings is 3. The van der Waals surface area contributed by atoms with Crippen molar-refractivity contribution in [3.05, 3.63) is 71.2 Å². The molecule has 3 rings (SSSR count). The van der Waals surface area contributed by atoms with Crippen molar-refractivity contribution in [2.45, 2.75) is 4.90 Å². The minimum Gasteiger partial charge on any atom is -0.497 e. The van der Waals surface area contributed by atoms with Crippen LogP contribution in [0.2, 0.25) is 5.02 Å². The Morgan fingerprint density at radius 3 is 2.12 bits per heavy atom. The number of para-hydroxylation sites is 1. The first-order chi connectivity index (χ1) is 15.3. The number of ether oxygens (including phenoxy) is 3. The Morgan fingerprint density at radius 1 is 0.875 bits per heavy atom. The molecule has 0 aliphatic rings. The molecular formula is C22H21ClN2O6S. The summed E-state index contributed by atoms with van der Waals surface area (Å²) in [5, 5.41) is 2.92. The zero-order chi connectivity index (χ0) is 23.3. The fraction of sp³-hybridized carbons (Fsp3) is 0.136. The van der Waals surface area contributed by atoms with Crippen LogP contribution in [-0.4, -0.2) is 35.7 Å². The predicted octanol–water partition coefficient (Wildman–Crippen LogP) is 4.42. The Kier molecular flexibility index (Phi) is 7.12. The zero-order valence-corrected chi connectivity index (χ0v) is 19.1. The van der Waals surface area contributed by atoms with Gasteiger partial charge in [0.25, 0.3) is 15.9 Å². The number of sulfonamides is 1. The number of rotatable bonds is 8. The second-order valence-electron chi connectivity index (χ2n) is 6.51. The quantitative estimate of drug-likeness (QED) is 0.499. The summed E-state index contributed by atoms with van der Waals surface area (Å²) in [5.74, 6) is 0.508. The lowest BCUT2D eigenvalue weighted by Gasteiger charge is -2.14. The van der Waals surface area contributed by atoms with Gasteiger partial charge in [-0.05, 0) is 42.5 Å². The highest BCUT2D eigenvalue weighted by molar-refractivity contribution is 7.92. The molecule has 0 radical (unpaired) electrons. The molecule has 0 aliphatic carbocycles. The van der Waals surface area contributed by atoms with Gasteiger partial charge in [0.05, 0.1) is 32.0 Å². The lowest BCUT2D eigenvalue weighted by molar-refractivity contribution is 0.102. The van der Waals surface area contributed by atoms with Crippen molar-refractivity contribution in [3.8, 4) is 17.2 Å². The molecule has 32 heavy (non-hydrogen) atoms. The van der Waals surface area contributed by atoms with Gasteiger partial charge in [0.1, 0.15) is 22.1 Å². The third-order valence-corrected chi connectivity index (χ3v) is 6.16. The number of nitrogens with one attached hydrogen (secondary N) is 2. The van der Waals surface area contributed by atoms with E-state index in [0.29, 0.717) is 11.5 Å². The maximum Gasteiger partial charge on any atom is 0.265 e. The fourth-order valence-corrected chi connectivity index (χ4v) is 4.36. The molecule has 1 amide bonds. The highest BCUT2D eigenvalue weighted by Crippen LogP contribution is 2.31. The van der Waals surface area contributed by atoms with Crippen molar-refractivity contribution < 1.29 is 27.4 Å². The number of amides is 1. The third kappa shape index (κ3) is 5.24. The molecule has 0 aromatic heterocycles. The van der Waals surface area contributed by atoms with Crippen LogP contribution in [-0.2, 0) is 10.0 Å². The first kappa shape index (κ1) is 23.2. The minimum atomic E-state index is -4.07. The van der Waals surface area contributed by atoms with Gasteiger partial charge < -0.3 is 19.5 Å². The largest absolute Gasteiger partial charge is 0.497 e. The van der Waals surface area contributed by atoms with Gasteiger partial charge in [0.15, 0.2) is 0 Å². The average Bonchev–Trinajstić information content (AvgIpc) is 2.80. The minimum absolute atomic E-state index is 0.102. The van der Waals surface area contributed by atoms with Gasteiger partial charge in [-0.2, -0.15) is 0 Å². The standard InChI is InChI=1S/C22H21ClN2O6S/c1-29-16-10-14(11-17(13-16)30-2)22(26)24-15-8-9-20(31-3)21(12-15)32(27,28)25-19-7-5-4-6-18(19)23/h4-13,25H,1-3H3,(H,24,26). The van der Waals surface area contributed by atoms with E-state index in [1.54, 1.807) is 24.3 Å². The Bertz CT molecular complexity index is 1220. The third-order valence-electron chi connectivity index (χ3n) is 4.44. The SMILES string of the molecule is COc1cc(OC)cc(C(=O)Nc2ccc(OC)c(S(=O)(=O)Nc3ccccc3Cl)c2)c1. The zero-order valence-electron chi connectivity index (χ0n) is 17.5. The van der Waals surface area contributed by atoms with Crippen LogP contribution in [0.25, 0.3) is 0 Å².